The third-order valence-corrected chi connectivity index (χ3v) is 4.11. The minimum atomic E-state index is -3.07. The van der Waals surface area contributed by atoms with Crippen LogP contribution in [0.1, 0.15) is 27.2 Å². The Hall–Kier alpha value is -0.130. The predicted molar refractivity (Wildman–Crippen MR) is 62.2 cm³/mol. The summed E-state index contributed by atoms with van der Waals surface area (Å²) >= 11 is 0. The standard InChI is InChI=1S/C10H22N2O2S/c1-8(2)11-4-5-15(13,14)12-7-10-6-9(10)3/h8-12H,4-7H2,1-3H3. The molecule has 0 aliphatic heterocycles. The Morgan fingerprint density at radius 3 is 2.47 bits per heavy atom. The summed E-state index contributed by atoms with van der Waals surface area (Å²) in [5.74, 6) is 1.44. The van der Waals surface area contributed by atoms with Gasteiger partial charge in [0.2, 0.25) is 10.0 Å². The van der Waals surface area contributed by atoms with E-state index >= 15 is 0 Å². The summed E-state index contributed by atoms with van der Waals surface area (Å²) in [6.45, 7) is 7.30. The second-order valence-corrected chi connectivity index (χ2v) is 6.68. The van der Waals surface area contributed by atoms with E-state index in [4.69, 9.17) is 0 Å². The predicted octanol–water partition coefficient (Wildman–Crippen LogP) is 0.560. The molecule has 2 atom stereocenters. The van der Waals surface area contributed by atoms with E-state index in [0.717, 1.165) is 6.42 Å². The molecule has 4 nitrogen and oxygen atoms in total. The maximum absolute atomic E-state index is 11.5. The van der Waals surface area contributed by atoms with Crippen molar-refractivity contribution in [2.24, 2.45) is 11.8 Å². The molecule has 0 amide bonds. The first-order chi connectivity index (χ1) is 6.91. The van der Waals surface area contributed by atoms with E-state index in [2.05, 4.69) is 17.0 Å². The summed E-state index contributed by atoms with van der Waals surface area (Å²) < 4.78 is 25.7. The van der Waals surface area contributed by atoms with Crippen LogP contribution in [0.5, 0.6) is 0 Å². The van der Waals surface area contributed by atoms with Crippen LogP contribution in [-0.2, 0) is 10.0 Å². The maximum Gasteiger partial charge on any atom is 0.212 e. The molecule has 2 unspecified atom stereocenters. The van der Waals surface area contributed by atoms with Crippen LogP contribution in [0.2, 0.25) is 0 Å². The highest BCUT2D eigenvalue weighted by molar-refractivity contribution is 7.89. The van der Waals surface area contributed by atoms with Crippen molar-refractivity contribution in [3.05, 3.63) is 0 Å². The highest BCUT2D eigenvalue weighted by atomic mass is 32.2. The molecule has 0 radical (unpaired) electrons. The largest absolute Gasteiger partial charge is 0.313 e. The Kier molecular flexibility index (Phi) is 4.55. The van der Waals surface area contributed by atoms with E-state index in [1.165, 1.54) is 0 Å². The summed E-state index contributed by atoms with van der Waals surface area (Å²) in [5.41, 5.74) is 0. The molecule has 1 rings (SSSR count). The van der Waals surface area contributed by atoms with Gasteiger partial charge in [-0.1, -0.05) is 20.8 Å². The molecule has 0 aromatic rings. The molecule has 1 aliphatic carbocycles. The van der Waals surface area contributed by atoms with E-state index in [0.29, 0.717) is 31.0 Å². The number of hydrogen-bond donors (Lipinski definition) is 2. The van der Waals surface area contributed by atoms with E-state index in [-0.39, 0.29) is 5.75 Å². The van der Waals surface area contributed by atoms with Gasteiger partial charge in [0, 0.05) is 19.1 Å². The number of hydrogen-bond acceptors (Lipinski definition) is 3. The minimum Gasteiger partial charge on any atom is -0.313 e. The quantitative estimate of drug-likeness (QED) is 0.677. The topological polar surface area (TPSA) is 58.2 Å². The first-order valence-corrected chi connectivity index (χ1v) is 7.26. The van der Waals surface area contributed by atoms with Crippen LogP contribution in [0.4, 0.5) is 0 Å². The maximum atomic E-state index is 11.5. The van der Waals surface area contributed by atoms with Crippen LogP contribution in [0.25, 0.3) is 0 Å². The van der Waals surface area contributed by atoms with Gasteiger partial charge in [0.15, 0.2) is 0 Å². The molecule has 0 aromatic heterocycles. The van der Waals surface area contributed by atoms with Gasteiger partial charge >= 0.3 is 0 Å². The fourth-order valence-electron chi connectivity index (χ4n) is 1.47. The molecule has 90 valence electrons. The van der Waals surface area contributed by atoms with Crippen molar-refractivity contribution < 1.29 is 8.42 Å². The van der Waals surface area contributed by atoms with E-state index in [1.807, 2.05) is 13.8 Å². The molecular weight excluding hydrogens is 212 g/mol. The molecule has 1 fully saturated rings. The molecule has 0 spiro atoms. The van der Waals surface area contributed by atoms with E-state index in [9.17, 15) is 8.42 Å². The van der Waals surface area contributed by atoms with E-state index < -0.39 is 10.0 Å². The fraction of sp³-hybridized carbons (Fsp3) is 1.00. The van der Waals surface area contributed by atoms with Crippen molar-refractivity contribution in [3.8, 4) is 0 Å². The van der Waals surface area contributed by atoms with Crippen molar-refractivity contribution in [3.63, 3.8) is 0 Å². The molecular formula is C10H22N2O2S. The van der Waals surface area contributed by atoms with Crippen molar-refractivity contribution in [2.75, 3.05) is 18.8 Å². The Bertz CT molecular complexity index is 288. The number of nitrogens with one attached hydrogen (secondary N) is 2. The second-order valence-electron chi connectivity index (χ2n) is 4.75. The van der Waals surface area contributed by atoms with Gasteiger partial charge in [-0.05, 0) is 18.3 Å². The first kappa shape index (κ1) is 12.9. The number of sulfonamides is 1. The molecule has 0 saturated heterocycles. The Morgan fingerprint density at radius 1 is 1.40 bits per heavy atom. The zero-order chi connectivity index (χ0) is 11.5. The Balaban J connectivity index is 2.14. The lowest BCUT2D eigenvalue weighted by molar-refractivity contribution is 0.561. The highest BCUT2D eigenvalue weighted by Crippen LogP contribution is 2.36. The molecule has 0 aromatic carbocycles. The van der Waals surface area contributed by atoms with Gasteiger partial charge in [-0.2, -0.15) is 0 Å². The fourth-order valence-corrected chi connectivity index (χ4v) is 2.47. The highest BCUT2D eigenvalue weighted by Gasteiger charge is 2.32. The van der Waals surface area contributed by atoms with Crippen molar-refractivity contribution >= 4 is 10.0 Å². The van der Waals surface area contributed by atoms with Gasteiger partial charge in [-0.15, -0.1) is 0 Å². The van der Waals surface area contributed by atoms with Gasteiger partial charge in [0.1, 0.15) is 0 Å². The van der Waals surface area contributed by atoms with Crippen LogP contribution in [-0.4, -0.2) is 33.3 Å². The third-order valence-electron chi connectivity index (χ3n) is 2.76. The van der Waals surface area contributed by atoms with Crippen LogP contribution in [0.15, 0.2) is 0 Å². The van der Waals surface area contributed by atoms with Crippen LogP contribution < -0.4 is 10.0 Å². The average molecular weight is 234 g/mol. The van der Waals surface area contributed by atoms with Gasteiger partial charge in [0.05, 0.1) is 5.75 Å². The molecule has 0 heterocycles. The molecule has 5 heteroatoms. The Labute approximate surface area is 92.9 Å². The molecule has 15 heavy (non-hydrogen) atoms. The zero-order valence-electron chi connectivity index (χ0n) is 9.79. The third kappa shape index (κ3) is 5.49. The average Bonchev–Trinajstić information content (AvgIpc) is 2.78. The van der Waals surface area contributed by atoms with Crippen LogP contribution >= 0.6 is 0 Å². The minimum absolute atomic E-state index is 0.173. The van der Waals surface area contributed by atoms with Crippen LogP contribution in [0.3, 0.4) is 0 Å². The van der Waals surface area contributed by atoms with Gasteiger partial charge < -0.3 is 5.32 Å². The molecule has 2 N–H and O–H groups in total. The van der Waals surface area contributed by atoms with Gasteiger partial charge in [-0.3, -0.25) is 0 Å². The summed E-state index contributed by atoms with van der Waals surface area (Å²) in [7, 11) is -3.07. The molecule has 1 saturated carbocycles. The lowest BCUT2D eigenvalue weighted by Gasteiger charge is -2.09. The Morgan fingerprint density at radius 2 is 2.00 bits per heavy atom. The van der Waals surface area contributed by atoms with E-state index in [1.54, 1.807) is 0 Å². The summed E-state index contributed by atoms with van der Waals surface area (Å²) in [4.78, 5) is 0. The zero-order valence-corrected chi connectivity index (χ0v) is 10.6. The smallest absolute Gasteiger partial charge is 0.212 e. The summed E-state index contributed by atoms with van der Waals surface area (Å²) in [6.07, 6.45) is 1.16. The molecule has 0 bridgehead atoms. The normalized spacial score (nSPS) is 25.9. The second kappa shape index (κ2) is 5.27. The number of rotatable bonds is 7. The van der Waals surface area contributed by atoms with Gasteiger partial charge in [-0.25, -0.2) is 13.1 Å². The SMILES string of the molecule is CC(C)NCCS(=O)(=O)NCC1CC1C. The molecule has 1 aliphatic rings. The lowest BCUT2D eigenvalue weighted by Crippen LogP contribution is -2.35. The van der Waals surface area contributed by atoms with Crippen molar-refractivity contribution in [1.82, 2.24) is 10.0 Å². The van der Waals surface area contributed by atoms with Crippen molar-refractivity contribution in [2.45, 2.75) is 33.2 Å². The van der Waals surface area contributed by atoms with Crippen molar-refractivity contribution in [1.29, 1.82) is 0 Å². The van der Waals surface area contributed by atoms with Crippen LogP contribution in [0, 0.1) is 11.8 Å². The lowest BCUT2D eigenvalue weighted by atomic mass is 10.3. The monoisotopic (exact) mass is 234 g/mol. The first-order valence-electron chi connectivity index (χ1n) is 5.61. The summed E-state index contributed by atoms with van der Waals surface area (Å²) in [5, 5.41) is 3.09. The summed E-state index contributed by atoms with van der Waals surface area (Å²) in [6, 6.07) is 0.337. The van der Waals surface area contributed by atoms with Gasteiger partial charge in [0.25, 0.3) is 0 Å².